The van der Waals surface area contributed by atoms with Crippen LogP contribution in [-0.2, 0) is 5.41 Å². The van der Waals surface area contributed by atoms with Gasteiger partial charge in [-0.1, -0.05) is 55.0 Å². The van der Waals surface area contributed by atoms with E-state index in [1.165, 1.54) is 16.7 Å². The molecule has 22 heavy (non-hydrogen) atoms. The average molecular weight is 297 g/mol. The summed E-state index contributed by atoms with van der Waals surface area (Å²) in [4.78, 5) is 0. The van der Waals surface area contributed by atoms with Gasteiger partial charge < -0.3 is 10.5 Å². The van der Waals surface area contributed by atoms with Crippen LogP contribution < -0.4 is 10.5 Å². The van der Waals surface area contributed by atoms with Crippen molar-refractivity contribution in [3.05, 3.63) is 65.2 Å². The Hall–Kier alpha value is -1.80. The van der Waals surface area contributed by atoms with E-state index >= 15 is 0 Å². The first-order valence-corrected chi connectivity index (χ1v) is 8.01. The molecule has 2 heteroatoms. The monoisotopic (exact) mass is 297 g/mol. The fraction of sp³-hybridized carbons (Fsp3) is 0.400. The van der Waals surface area contributed by atoms with Gasteiger partial charge in [-0.05, 0) is 43.9 Å². The molecule has 1 unspecified atom stereocenters. The predicted molar refractivity (Wildman–Crippen MR) is 93.5 cm³/mol. The van der Waals surface area contributed by atoms with Crippen molar-refractivity contribution in [2.45, 2.75) is 39.0 Å². The van der Waals surface area contributed by atoms with Crippen LogP contribution in [0.4, 0.5) is 0 Å². The van der Waals surface area contributed by atoms with Crippen LogP contribution in [0.3, 0.4) is 0 Å². The highest BCUT2D eigenvalue weighted by Gasteiger charge is 2.24. The molecule has 1 atom stereocenters. The molecule has 0 fully saturated rings. The van der Waals surface area contributed by atoms with Crippen LogP contribution >= 0.6 is 0 Å². The average Bonchev–Trinajstić information content (AvgIpc) is 2.54. The second-order valence-electron chi connectivity index (χ2n) is 6.35. The maximum atomic E-state index is 6.03. The summed E-state index contributed by atoms with van der Waals surface area (Å²) in [6, 6.07) is 16.8. The van der Waals surface area contributed by atoms with Crippen molar-refractivity contribution in [3.63, 3.8) is 0 Å². The molecule has 2 N–H and O–H groups in total. The van der Waals surface area contributed by atoms with Crippen molar-refractivity contribution >= 4 is 0 Å². The lowest BCUT2D eigenvalue weighted by molar-refractivity contribution is 0.284. The van der Waals surface area contributed by atoms with Crippen molar-refractivity contribution in [1.29, 1.82) is 0 Å². The van der Waals surface area contributed by atoms with Crippen LogP contribution in [0.25, 0.3) is 0 Å². The Balaban J connectivity index is 1.89. The van der Waals surface area contributed by atoms with Gasteiger partial charge in [-0.3, -0.25) is 0 Å². The van der Waals surface area contributed by atoms with Crippen LogP contribution in [0.2, 0.25) is 0 Å². The molecule has 0 radical (unpaired) electrons. The lowest BCUT2D eigenvalue weighted by atomic mass is 9.79. The molecule has 2 aromatic rings. The molecule has 0 amide bonds. The van der Waals surface area contributed by atoms with Gasteiger partial charge in [-0.25, -0.2) is 0 Å². The van der Waals surface area contributed by atoms with Gasteiger partial charge in [-0.2, -0.15) is 0 Å². The van der Waals surface area contributed by atoms with Gasteiger partial charge in [0.2, 0.25) is 0 Å². The summed E-state index contributed by atoms with van der Waals surface area (Å²) in [6.45, 7) is 7.81. The first-order chi connectivity index (χ1) is 10.5. The van der Waals surface area contributed by atoms with E-state index in [0.29, 0.717) is 6.54 Å². The van der Waals surface area contributed by atoms with Crippen molar-refractivity contribution in [3.8, 4) is 5.75 Å². The van der Waals surface area contributed by atoms with Gasteiger partial charge in [-0.15, -0.1) is 0 Å². The summed E-state index contributed by atoms with van der Waals surface area (Å²) in [6.07, 6.45) is 2.02. The summed E-state index contributed by atoms with van der Waals surface area (Å²) in [5.74, 6) is 0.986. The zero-order valence-electron chi connectivity index (χ0n) is 13.9. The van der Waals surface area contributed by atoms with Gasteiger partial charge in [0.25, 0.3) is 0 Å². The van der Waals surface area contributed by atoms with E-state index in [1.807, 2.05) is 6.07 Å². The van der Waals surface area contributed by atoms with Gasteiger partial charge in [0, 0.05) is 12.0 Å². The lowest BCUT2D eigenvalue weighted by Gasteiger charge is -2.28. The normalized spacial score (nSPS) is 13.6. The quantitative estimate of drug-likeness (QED) is 0.770. The van der Waals surface area contributed by atoms with E-state index in [4.69, 9.17) is 10.5 Å². The van der Waals surface area contributed by atoms with Crippen LogP contribution in [0.15, 0.2) is 48.5 Å². The minimum atomic E-state index is 0.0208. The third kappa shape index (κ3) is 4.11. The second-order valence-corrected chi connectivity index (χ2v) is 6.35. The maximum absolute atomic E-state index is 6.03. The molecule has 0 aliphatic heterocycles. The van der Waals surface area contributed by atoms with Crippen molar-refractivity contribution < 1.29 is 4.74 Å². The highest BCUT2D eigenvalue weighted by molar-refractivity contribution is 5.35. The second kappa shape index (κ2) is 7.46. The van der Waals surface area contributed by atoms with E-state index in [2.05, 4.69) is 63.2 Å². The Kier molecular flexibility index (Phi) is 5.62. The summed E-state index contributed by atoms with van der Waals surface area (Å²) in [5.41, 5.74) is 9.83. The first-order valence-electron chi connectivity index (χ1n) is 8.01. The summed E-state index contributed by atoms with van der Waals surface area (Å²) in [5, 5.41) is 0. The van der Waals surface area contributed by atoms with E-state index in [1.54, 1.807) is 0 Å². The molecule has 118 valence electrons. The molecule has 0 aliphatic carbocycles. The third-order valence-electron chi connectivity index (χ3n) is 4.38. The smallest absolute Gasteiger partial charge is 0.122 e. The largest absolute Gasteiger partial charge is 0.493 e. The van der Waals surface area contributed by atoms with Crippen LogP contribution in [0, 0.1) is 13.8 Å². The van der Waals surface area contributed by atoms with E-state index in [9.17, 15) is 0 Å². The Bertz CT molecular complexity index is 594. The SMILES string of the molecule is Cc1ccc(OCCCC(C)(CN)c2ccccc2)c(C)c1. The van der Waals surface area contributed by atoms with Crippen LogP contribution in [0.5, 0.6) is 5.75 Å². The molecule has 0 heterocycles. The fourth-order valence-corrected chi connectivity index (χ4v) is 2.81. The molecule has 0 aromatic heterocycles. The van der Waals surface area contributed by atoms with E-state index < -0.39 is 0 Å². The Morgan fingerprint density at radius 3 is 2.41 bits per heavy atom. The van der Waals surface area contributed by atoms with Gasteiger partial charge in [0.05, 0.1) is 6.61 Å². The molecular weight excluding hydrogens is 270 g/mol. The molecule has 2 rings (SSSR count). The molecule has 0 spiro atoms. The molecule has 0 saturated heterocycles. The molecule has 2 nitrogen and oxygen atoms in total. The molecule has 0 aliphatic rings. The number of hydrogen-bond acceptors (Lipinski definition) is 2. The fourth-order valence-electron chi connectivity index (χ4n) is 2.81. The number of aryl methyl sites for hydroxylation is 2. The first kappa shape index (κ1) is 16.6. The topological polar surface area (TPSA) is 35.2 Å². The zero-order valence-corrected chi connectivity index (χ0v) is 13.9. The standard InChI is InChI=1S/C20H27NO/c1-16-10-11-19(17(2)14-16)22-13-7-12-20(3,15-21)18-8-5-4-6-9-18/h4-6,8-11,14H,7,12-13,15,21H2,1-3H3. The minimum absolute atomic E-state index is 0.0208. The van der Waals surface area contributed by atoms with Crippen LogP contribution in [-0.4, -0.2) is 13.2 Å². The number of ether oxygens (including phenoxy) is 1. The number of nitrogens with two attached hydrogens (primary N) is 1. The lowest BCUT2D eigenvalue weighted by Crippen LogP contribution is -2.32. The Labute approximate surface area is 134 Å². The zero-order chi connectivity index (χ0) is 16.0. The Morgan fingerprint density at radius 2 is 1.77 bits per heavy atom. The van der Waals surface area contributed by atoms with Crippen molar-refractivity contribution in [2.24, 2.45) is 5.73 Å². The minimum Gasteiger partial charge on any atom is -0.493 e. The number of benzene rings is 2. The summed E-state index contributed by atoms with van der Waals surface area (Å²) < 4.78 is 5.93. The Morgan fingerprint density at radius 1 is 1.05 bits per heavy atom. The summed E-state index contributed by atoms with van der Waals surface area (Å²) in [7, 11) is 0. The maximum Gasteiger partial charge on any atom is 0.122 e. The molecule has 2 aromatic carbocycles. The highest BCUT2D eigenvalue weighted by Crippen LogP contribution is 2.28. The molecule has 0 bridgehead atoms. The molecular formula is C20H27NO. The van der Waals surface area contributed by atoms with E-state index in [0.717, 1.165) is 25.2 Å². The summed E-state index contributed by atoms with van der Waals surface area (Å²) >= 11 is 0. The van der Waals surface area contributed by atoms with E-state index in [-0.39, 0.29) is 5.41 Å². The third-order valence-corrected chi connectivity index (χ3v) is 4.38. The van der Waals surface area contributed by atoms with Crippen molar-refractivity contribution in [1.82, 2.24) is 0 Å². The van der Waals surface area contributed by atoms with Crippen molar-refractivity contribution in [2.75, 3.05) is 13.2 Å². The number of rotatable bonds is 7. The number of hydrogen-bond donors (Lipinski definition) is 1. The van der Waals surface area contributed by atoms with Gasteiger partial charge in [0.1, 0.15) is 5.75 Å². The van der Waals surface area contributed by atoms with Gasteiger partial charge in [0.15, 0.2) is 0 Å². The van der Waals surface area contributed by atoms with Crippen LogP contribution in [0.1, 0.15) is 36.5 Å². The highest BCUT2D eigenvalue weighted by atomic mass is 16.5. The van der Waals surface area contributed by atoms with Gasteiger partial charge >= 0.3 is 0 Å². The predicted octanol–water partition coefficient (Wildman–Crippen LogP) is 4.38. The molecule has 0 saturated carbocycles.